The molecule has 0 unspecified atom stereocenters. The fourth-order valence-electron chi connectivity index (χ4n) is 3.08. The molecule has 1 saturated heterocycles. The molecule has 0 radical (unpaired) electrons. The van der Waals surface area contributed by atoms with Crippen molar-refractivity contribution in [1.82, 2.24) is 4.90 Å². The van der Waals surface area contributed by atoms with Gasteiger partial charge in [0.15, 0.2) is 5.17 Å². The van der Waals surface area contributed by atoms with Gasteiger partial charge in [-0.3, -0.25) is 14.5 Å². The van der Waals surface area contributed by atoms with Gasteiger partial charge in [-0.05, 0) is 43.2 Å². The molecular weight excluding hydrogens is 446 g/mol. The van der Waals surface area contributed by atoms with Gasteiger partial charge in [0.2, 0.25) is 11.8 Å². The molecule has 0 saturated carbocycles. The highest BCUT2D eigenvalue weighted by molar-refractivity contribution is 8.16. The largest absolute Gasteiger partial charge is 0.326 e. The molecule has 9 heteroatoms. The van der Waals surface area contributed by atoms with Crippen LogP contribution in [0.4, 0.5) is 5.69 Å². The highest BCUT2D eigenvalue weighted by Crippen LogP contribution is 2.31. The maximum Gasteiger partial charge on any atom is 0.284 e. The van der Waals surface area contributed by atoms with Crippen molar-refractivity contribution in [2.75, 3.05) is 11.9 Å². The number of benzene rings is 2. The molecule has 1 fully saturated rings. The van der Waals surface area contributed by atoms with Crippen molar-refractivity contribution in [3.8, 4) is 0 Å². The number of carbonyl (C=O) groups is 2. The van der Waals surface area contributed by atoms with Crippen molar-refractivity contribution in [2.24, 2.45) is 4.40 Å². The molecule has 1 heterocycles. The van der Waals surface area contributed by atoms with Crippen LogP contribution < -0.4 is 5.32 Å². The molecule has 1 aliphatic heterocycles. The molecule has 7 nitrogen and oxygen atoms in total. The SMILES string of the molecule is C=CCN1C(=O)[C@@H](CC(=O)Nc2ccc(C)cc2)SC1=NS(=O)(=O)c1ccc(CC)cc1. The van der Waals surface area contributed by atoms with E-state index in [2.05, 4.69) is 16.3 Å². The predicted octanol–water partition coefficient (Wildman–Crippen LogP) is 3.76. The van der Waals surface area contributed by atoms with Gasteiger partial charge in [0.05, 0.1) is 4.90 Å². The quantitative estimate of drug-likeness (QED) is 0.592. The third-order valence-electron chi connectivity index (χ3n) is 4.87. The van der Waals surface area contributed by atoms with Crippen molar-refractivity contribution in [3.63, 3.8) is 0 Å². The zero-order chi connectivity index (χ0) is 23.3. The minimum Gasteiger partial charge on any atom is -0.326 e. The zero-order valence-electron chi connectivity index (χ0n) is 17.9. The highest BCUT2D eigenvalue weighted by Gasteiger charge is 2.39. The summed E-state index contributed by atoms with van der Waals surface area (Å²) in [5.41, 5.74) is 2.71. The van der Waals surface area contributed by atoms with Gasteiger partial charge in [-0.1, -0.05) is 54.6 Å². The van der Waals surface area contributed by atoms with Crippen molar-refractivity contribution in [3.05, 3.63) is 72.3 Å². The number of amidine groups is 1. The molecule has 3 rings (SSSR count). The summed E-state index contributed by atoms with van der Waals surface area (Å²) in [6.45, 7) is 7.66. The third-order valence-corrected chi connectivity index (χ3v) is 7.44. The van der Waals surface area contributed by atoms with Crippen molar-refractivity contribution in [1.29, 1.82) is 0 Å². The second-order valence-corrected chi connectivity index (χ2v) is 10.1. The summed E-state index contributed by atoms with van der Waals surface area (Å²) in [7, 11) is -4.01. The van der Waals surface area contributed by atoms with Gasteiger partial charge in [0.25, 0.3) is 10.0 Å². The van der Waals surface area contributed by atoms with E-state index in [1.54, 1.807) is 24.3 Å². The van der Waals surface area contributed by atoms with E-state index < -0.39 is 15.3 Å². The van der Waals surface area contributed by atoms with Crippen LogP contribution in [-0.4, -0.2) is 42.1 Å². The van der Waals surface area contributed by atoms with E-state index in [4.69, 9.17) is 0 Å². The molecule has 32 heavy (non-hydrogen) atoms. The van der Waals surface area contributed by atoms with Gasteiger partial charge in [-0.2, -0.15) is 8.42 Å². The van der Waals surface area contributed by atoms with Crippen LogP contribution in [0, 0.1) is 6.92 Å². The first-order valence-corrected chi connectivity index (χ1v) is 12.4. The predicted molar refractivity (Wildman–Crippen MR) is 128 cm³/mol. The van der Waals surface area contributed by atoms with Gasteiger partial charge in [0, 0.05) is 18.7 Å². The number of amides is 2. The fraction of sp³-hybridized carbons (Fsp3) is 0.261. The summed E-state index contributed by atoms with van der Waals surface area (Å²) in [6.07, 6.45) is 2.18. The van der Waals surface area contributed by atoms with E-state index in [0.29, 0.717) is 5.69 Å². The number of anilines is 1. The number of hydrogen-bond donors (Lipinski definition) is 1. The van der Waals surface area contributed by atoms with Crippen LogP contribution in [0.15, 0.2) is 70.5 Å². The number of hydrogen-bond acceptors (Lipinski definition) is 5. The average Bonchev–Trinajstić information content (AvgIpc) is 3.04. The molecule has 0 aliphatic carbocycles. The summed E-state index contributed by atoms with van der Waals surface area (Å²) in [5, 5.41) is 2.04. The van der Waals surface area contributed by atoms with Crippen LogP contribution in [0.25, 0.3) is 0 Å². The lowest BCUT2D eigenvalue weighted by Crippen LogP contribution is -2.33. The molecule has 2 aromatic rings. The molecule has 1 atom stereocenters. The molecule has 0 aromatic heterocycles. The second kappa shape index (κ2) is 10.1. The maximum absolute atomic E-state index is 12.8. The van der Waals surface area contributed by atoms with Crippen LogP contribution in [0.3, 0.4) is 0 Å². The topological polar surface area (TPSA) is 95.9 Å². The fourth-order valence-corrected chi connectivity index (χ4v) is 5.44. The Bertz CT molecular complexity index is 1140. The minimum atomic E-state index is -4.01. The molecule has 2 aromatic carbocycles. The van der Waals surface area contributed by atoms with Crippen LogP contribution in [-0.2, 0) is 26.0 Å². The maximum atomic E-state index is 12.8. The highest BCUT2D eigenvalue weighted by atomic mass is 32.2. The molecule has 1 N–H and O–H groups in total. The Hall–Kier alpha value is -2.91. The summed E-state index contributed by atoms with van der Waals surface area (Å²) in [6, 6.07) is 13.8. The first kappa shape index (κ1) is 23.7. The monoisotopic (exact) mass is 471 g/mol. The lowest BCUT2D eigenvalue weighted by atomic mass is 10.2. The Kier molecular flexibility index (Phi) is 7.52. The lowest BCUT2D eigenvalue weighted by molar-refractivity contribution is -0.127. The number of carbonyl (C=O) groups excluding carboxylic acids is 2. The van der Waals surface area contributed by atoms with Crippen LogP contribution in [0.2, 0.25) is 0 Å². The van der Waals surface area contributed by atoms with E-state index in [9.17, 15) is 18.0 Å². The Morgan fingerprint density at radius 3 is 2.44 bits per heavy atom. The zero-order valence-corrected chi connectivity index (χ0v) is 19.6. The van der Waals surface area contributed by atoms with Crippen molar-refractivity contribution < 1.29 is 18.0 Å². The number of rotatable bonds is 8. The number of thioether (sulfide) groups is 1. The van der Waals surface area contributed by atoms with Gasteiger partial charge < -0.3 is 5.32 Å². The van der Waals surface area contributed by atoms with Crippen LogP contribution >= 0.6 is 11.8 Å². The molecular formula is C23H25N3O4S2. The summed E-state index contributed by atoms with van der Waals surface area (Å²) < 4.78 is 29.5. The Morgan fingerprint density at radius 2 is 1.84 bits per heavy atom. The summed E-state index contributed by atoms with van der Waals surface area (Å²) in [5.74, 6) is -0.707. The molecule has 0 bridgehead atoms. The van der Waals surface area contributed by atoms with Crippen molar-refractivity contribution >= 4 is 44.5 Å². The molecule has 1 aliphatic rings. The van der Waals surface area contributed by atoms with E-state index in [-0.39, 0.29) is 34.8 Å². The average molecular weight is 472 g/mol. The normalized spacial score (nSPS) is 17.6. The molecule has 0 spiro atoms. The molecule has 2 amide bonds. The van der Waals surface area contributed by atoms with Crippen LogP contribution in [0.1, 0.15) is 24.5 Å². The number of nitrogens with zero attached hydrogens (tertiary/aromatic N) is 2. The van der Waals surface area contributed by atoms with Crippen LogP contribution in [0.5, 0.6) is 0 Å². The van der Waals surface area contributed by atoms with Gasteiger partial charge >= 0.3 is 0 Å². The smallest absolute Gasteiger partial charge is 0.284 e. The minimum absolute atomic E-state index is 0.0441. The number of nitrogens with one attached hydrogen (secondary N) is 1. The Labute approximate surface area is 192 Å². The first-order chi connectivity index (χ1) is 15.2. The standard InChI is InChI=1S/C23H25N3O4S2/c1-4-14-26-22(28)20(15-21(27)24-18-10-6-16(3)7-11-18)31-23(26)25-32(29,30)19-12-8-17(5-2)9-13-19/h4,6-13,20H,1,5,14-15H2,2-3H3,(H,24,27)/t20-/m1/s1. The van der Waals surface area contributed by atoms with Gasteiger partial charge in [0.1, 0.15) is 5.25 Å². The summed E-state index contributed by atoms with van der Waals surface area (Å²) >= 11 is 0.976. The Morgan fingerprint density at radius 1 is 1.19 bits per heavy atom. The second-order valence-electron chi connectivity index (χ2n) is 7.31. The van der Waals surface area contributed by atoms with E-state index >= 15 is 0 Å². The van der Waals surface area contributed by atoms with Gasteiger partial charge in [-0.15, -0.1) is 11.0 Å². The Balaban J connectivity index is 1.78. The third kappa shape index (κ3) is 5.66. The molecule has 168 valence electrons. The lowest BCUT2D eigenvalue weighted by Gasteiger charge is -2.13. The first-order valence-electron chi connectivity index (χ1n) is 10.1. The van der Waals surface area contributed by atoms with Crippen molar-refractivity contribution in [2.45, 2.75) is 36.8 Å². The number of sulfonamides is 1. The van der Waals surface area contributed by atoms with Gasteiger partial charge in [-0.25, -0.2) is 0 Å². The van der Waals surface area contributed by atoms with E-state index in [1.165, 1.54) is 23.1 Å². The van der Waals surface area contributed by atoms with E-state index in [1.807, 2.05) is 26.0 Å². The summed E-state index contributed by atoms with van der Waals surface area (Å²) in [4.78, 5) is 26.6. The van der Waals surface area contributed by atoms with E-state index in [0.717, 1.165) is 29.3 Å². The number of aryl methyl sites for hydroxylation is 2.